The van der Waals surface area contributed by atoms with E-state index in [9.17, 15) is 13.2 Å². The van der Waals surface area contributed by atoms with Gasteiger partial charge in [0.1, 0.15) is 5.82 Å². The highest BCUT2D eigenvalue weighted by molar-refractivity contribution is 9.10. The molecule has 0 spiro atoms. The van der Waals surface area contributed by atoms with Crippen LogP contribution in [0, 0.1) is 11.7 Å². The van der Waals surface area contributed by atoms with Crippen molar-refractivity contribution >= 4 is 15.9 Å². The van der Waals surface area contributed by atoms with Crippen LogP contribution < -0.4 is 11.3 Å². The Balaban J connectivity index is 2.10. The maximum atomic E-state index is 13.7. The summed E-state index contributed by atoms with van der Waals surface area (Å²) in [5.74, 6) is 2.30. The molecule has 2 rings (SSSR count). The number of hydrazine groups is 1. The number of hydrogen-bond acceptors (Lipinski definition) is 2. The van der Waals surface area contributed by atoms with Crippen molar-refractivity contribution in [3.8, 4) is 0 Å². The fourth-order valence-electron chi connectivity index (χ4n) is 2.85. The van der Waals surface area contributed by atoms with Crippen LogP contribution in [0.2, 0.25) is 0 Å². The molecule has 1 aromatic rings. The van der Waals surface area contributed by atoms with E-state index in [2.05, 4.69) is 21.4 Å². The third-order valence-electron chi connectivity index (χ3n) is 3.91. The van der Waals surface area contributed by atoms with Crippen LogP contribution in [-0.2, 0) is 6.42 Å². The minimum atomic E-state index is -2.63. The second-order valence-corrected chi connectivity index (χ2v) is 6.34. The van der Waals surface area contributed by atoms with E-state index in [1.807, 2.05) is 0 Å². The van der Waals surface area contributed by atoms with Gasteiger partial charge in [-0.2, -0.15) is 0 Å². The molecule has 112 valence electrons. The van der Waals surface area contributed by atoms with Crippen LogP contribution in [0.4, 0.5) is 13.2 Å². The normalized spacial score (nSPS) is 23.6. The van der Waals surface area contributed by atoms with Crippen LogP contribution in [0.1, 0.15) is 31.2 Å². The molecule has 2 unspecified atom stereocenters. The summed E-state index contributed by atoms with van der Waals surface area (Å²) in [5, 5.41) is 0. The molecule has 0 radical (unpaired) electrons. The number of halogens is 4. The van der Waals surface area contributed by atoms with Crippen LogP contribution >= 0.6 is 15.9 Å². The summed E-state index contributed by atoms with van der Waals surface area (Å²) in [5.41, 5.74) is 3.07. The van der Waals surface area contributed by atoms with Crippen molar-refractivity contribution in [2.24, 2.45) is 11.8 Å². The second-order valence-electron chi connectivity index (χ2n) is 5.43. The second kappa shape index (κ2) is 6.45. The smallest absolute Gasteiger partial charge is 0.248 e. The Kier molecular flexibility index (Phi) is 5.09. The molecule has 2 atom stereocenters. The van der Waals surface area contributed by atoms with Crippen molar-refractivity contribution in [2.75, 3.05) is 0 Å². The van der Waals surface area contributed by atoms with Gasteiger partial charge in [0.05, 0.1) is 0 Å². The molecular weight excluding hydrogens is 333 g/mol. The summed E-state index contributed by atoms with van der Waals surface area (Å²) in [6, 6.07) is 4.30. The van der Waals surface area contributed by atoms with Crippen LogP contribution in [0.3, 0.4) is 0 Å². The fraction of sp³-hybridized carbons (Fsp3) is 0.571. The summed E-state index contributed by atoms with van der Waals surface area (Å²) in [6.07, 6.45) is 1.24. The Morgan fingerprint density at radius 1 is 1.45 bits per heavy atom. The Bertz CT molecular complexity index is 468. The number of nitrogens with one attached hydrogen (secondary N) is 1. The summed E-state index contributed by atoms with van der Waals surface area (Å²) in [6.45, 7) is 0. The van der Waals surface area contributed by atoms with Crippen molar-refractivity contribution < 1.29 is 13.2 Å². The summed E-state index contributed by atoms with van der Waals surface area (Å²) in [4.78, 5) is 0. The lowest BCUT2D eigenvalue weighted by Gasteiger charge is -2.34. The van der Waals surface area contributed by atoms with Gasteiger partial charge in [0.2, 0.25) is 5.92 Å². The molecule has 0 amide bonds. The van der Waals surface area contributed by atoms with E-state index in [1.165, 1.54) is 6.07 Å². The molecule has 3 N–H and O–H groups in total. The third-order valence-corrected chi connectivity index (χ3v) is 4.40. The molecule has 1 saturated carbocycles. The van der Waals surface area contributed by atoms with Gasteiger partial charge >= 0.3 is 0 Å². The topological polar surface area (TPSA) is 38.0 Å². The van der Waals surface area contributed by atoms with E-state index in [4.69, 9.17) is 5.84 Å². The summed E-state index contributed by atoms with van der Waals surface area (Å²) >= 11 is 3.28. The standard InChI is InChI=1S/C14H18BrF3N2/c15-11-3-4-12(16)10(6-11)7-13(20-19)9-2-1-5-14(17,18)8-9/h3-4,6,9,13,20H,1-2,5,7-8,19H2. The Morgan fingerprint density at radius 3 is 2.85 bits per heavy atom. The van der Waals surface area contributed by atoms with Crippen LogP contribution in [0.15, 0.2) is 22.7 Å². The molecule has 2 nitrogen and oxygen atoms in total. The maximum Gasteiger partial charge on any atom is 0.248 e. The zero-order chi connectivity index (χ0) is 14.8. The molecule has 0 aliphatic heterocycles. The predicted octanol–water partition coefficient (Wildman–Crippen LogP) is 3.79. The lowest BCUT2D eigenvalue weighted by atomic mass is 9.80. The highest BCUT2D eigenvalue weighted by Gasteiger charge is 2.39. The Morgan fingerprint density at radius 2 is 2.20 bits per heavy atom. The monoisotopic (exact) mass is 350 g/mol. The Hall–Kier alpha value is -0.590. The van der Waals surface area contributed by atoms with E-state index in [1.54, 1.807) is 12.1 Å². The van der Waals surface area contributed by atoms with Crippen molar-refractivity contribution in [3.63, 3.8) is 0 Å². The molecule has 1 aliphatic rings. The SMILES string of the molecule is NNC(Cc1cc(Br)ccc1F)C1CCCC(F)(F)C1. The van der Waals surface area contributed by atoms with E-state index >= 15 is 0 Å². The van der Waals surface area contributed by atoms with Crippen molar-refractivity contribution in [1.82, 2.24) is 5.43 Å². The molecule has 0 aromatic heterocycles. The molecule has 6 heteroatoms. The molecule has 0 bridgehead atoms. The van der Waals surface area contributed by atoms with Gasteiger partial charge in [-0.15, -0.1) is 0 Å². The first-order chi connectivity index (χ1) is 9.41. The summed E-state index contributed by atoms with van der Waals surface area (Å²) < 4.78 is 41.5. The van der Waals surface area contributed by atoms with Gasteiger partial charge < -0.3 is 0 Å². The van der Waals surface area contributed by atoms with Gasteiger partial charge in [-0.25, -0.2) is 13.2 Å². The lowest BCUT2D eigenvalue weighted by molar-refractivity contribution is -0.0581. The first-order valence-electron chi connectivity index (χ1n) is 6.69. The predicted molar refractivity (Wildman–Crippen MR) is 75.8 cm³/mol. The van der Waals surface area contributed by atoms with Crippen molar-refractivity contribution in [1.29, 1.82) is 0 Å². The molecule has 1 fully saturated rings. The number of hydrogen-bond donors (Lipinski definition) is 2. The average Bonchev–Trinajstić information content (AvgIpc) is 2.38. The minimum Gasteiger partial charge on any atom is -0.271 e. The van der Waals surface area contributed by atoms with Gasteiger partial charge in [-0.1, -0.05) is 15.9 Å². The van der Waals surface area contributed by atoms with Gasteiger partial charge in [-0.3, -0.25) is 11.3 Å². The number of alkyl halides is 2. The number of rotatable bonds is 4. The Labute approximate surface area is 125 Å². The first-order valence-corrected chi connectivity index (χ1v) is 7.48. The molecule has 1 aromatic carbocycles. The minimum absolute atomic E-state index is 0.0635. The quantitative estimate of drug-likeness (QED) is 0.640. The lowest BCUT2D eigenvalue weighted by Crippen LogP contribution is -2.46. The van der Waals surface area contributed by atoms with Crippen molar-refractivity contribution in [3.05, 3.63) is 34.1 Å². The van der Waals surface area contributed by atoms with Crippen LogP contribution in [0.5, 0.6) is 0 Å². The average molecular weight is 351 g/mol. The first kappa shape index (κ1) is 15.8. The summed E-state index contributed by atoms with van der Waals surface area (Å²) in [7, 11) is 0. The zero-order valence-electron chi connectivity index (χ0n) is 11.0. The van der Waals surface area contributed by atoms with E-state index < -0.39 is 5.92 Å². The van der Waals surface area contributed by atoms with E-state index in [0.717, 1.165) is 4.47 Å². The highest BCUT2D eigenvalue weighted by Crippen LogP contribution is 2.38. The molecule has 0 heterocycles. The maximum absolute atomic E-state index is 13.7. The van der Waals surface area contributed by atoms with E-state index in [-0.39, 0.29) is 30.6 Å². The van der Waals surface area contributed by atoms with Crippen LogP contribution in [-0.4, -0.2) is 12.0 Å². The van der Waals surface area contributed by atoms with Gasteiger partial charge in [0.25, 0.3) is 0 Å². The van der Waals surface area contributed by atoms with Gasteiger partial charge in [0, 0.05) is 23.4 Å². The van der Waals surface area contributed by atoms with Gasteiger partial charge in [-0.05, 0) is 48.9 Å². The zero-order valence-corrected chi connectivity index (χ0v) is 12.6. The highest BCUT2D eigenvalue weighted by atomic mass is 79.9. The number of benzene rings is 1. The molecule has 0 saturated heterocycles. The van der Waals surface area contributed by atoms with Crippen LogP contribution in [0.25, 0.3) is 0 Å². The number of nitrogens with two attached hydrogens (primary N) is 1. The molecule has 1 aliphatic carbocycles. The molecular formula is C14H18BrF3N2. The van der Waals surface area contributed by atoms with Crippen molar-refractivity contribution in [2.45, 2.75) is 44.1 Å². The fourth-order valence-corrected chi connectivity index (χ4v) is 3.26. The van der Waals surface area contributed by atoms with E-state index in [0.29, 0.717) is 24.8 Å². The largest absolute Gasteiger partial charge is 0.271 e. The molecule has 20 heavy (non-hydrogen) atoms. The van der Waals surface area contributed by atoms with Gasteiger partial charge in [0.15, 0.2) is 0 Å². The third kappa shape index (κ3) is 3.96.